The summed E-state index contributed by atoms with van der Waals surface area (Å²) < 4.78 is 49.0. The van der Waals surface area contributed by atoms with Crippen molar-refractivity contribution in [2.24, 2.45) is 0 Å². The van der Waals surface area contributed by atoms with Gasteiger partial charge in [-0.25, -0.2) is 9.59 Å². The molecule has 2 rings (SSSR count). The molecule has 0 aliphatic rings. The number of ether oxygens (including phenoxy) is 4. The SMILES string of the molecule is COC(=O)c1cc(C(=CCCOS(C)(=O)=O)c2cc(Br)c(OC)c(C(=O)OC)c2)cc(Br)c1OC. The third-order valence-corrected chi connectivity index (χ3v) is 6.46. The van der Waals surface area contributed by atoms with Gasteiger partial charge in [-0.3, -0.25) is 4.18 Å². The molecule has 0 radical (unpaired) electrons. The first-order valence-corrected chi connectivity index (χ1v) is 13.3. The molecule has 0 fully saturated rings. The van der Waals surface area contributed by atoms with Crippen molar-refractivity contribution >= 4 is 59.5 Å². The highest BCUT2D eigenvalue weighted by Gasteiger charge is 2.22. The van der Waals surface area contributed by atoms with Crippen LogP contribution in [-0.2, 0) is 23.8 Å². The van der Waals surface area contributed by atoms with E-state index in [-0.39, 0.29) is 35.7 Å². The number of carbonyl (C=O) groups excluding carboxylic acids is 2. The van der Waals surface area contributed by atoms with Gasteiger partial charge in [-0.05, 0) is 79.2 Å². The van der Waals surface area contributed by atoms with E-state index < -0.39 is 22.1 Å². The van der Waals surface area contributed by atoms with Crippen LogP contribution in [0, 0.1) is 0 Å². The number of carbonyl (C=O) groups is 2. The minimum absolute atomic E-state index is 0.106. The van der Waals surface area contributed by atoms with E-state index in [9.17, 15) is 18.0 Å². The highest BCUT2D eigenvalue weighted by Crippen LogP contribution is 2.39. The standard InChI is InChI=1S/C23H24Br2O9S/c1-30-20-16(22(26)32-3)9-13(11-18(20)24)15(7-6-8-34-35(5,28)29)14-10-17(23(27)33-4)21(31-2)19(25)12-14/h7,9-12H,6,8H2,1-5H3. The Morgan fingerprint density at radius 3 is 1.60 bits per heavy atom. The zero-order valence-electron chi connectivity index (χ0n) is 19.6. The lowest BCUT2D eigenvalue weighted by atomic mass is 9.93. The molecule has 0 saturated carbocycles. The molecular formula is C23H24Br2O9S. The molecule has 0 atom stereocenters. The fourth-order valence-electron chi connectivity index (χ4n) is 3.24. The number of methoxy groups -OCH3 is 4. The van der Waals surface area contributed by atoms with Gasteiger partial charge in [0.25, 0.3) is 10.1 Å². The van der Waals surface area contributed by atoms with Gasteiger partial charge in [0.2, 0.25) is 0 Å². The predicted molar refractivity (Wildman–Crippen MR) is 137 cm³/mol. The molecule has 2 aromatic carbocycles. The number of hydrogen-bond donors (Lipinski definition) is 0. The average Bonchev–Trinajstić information content (AvgIpc) is 2.81. The second-order valence-electron chi connectivity index (χ2n) is 6.99. The number of benzene rings is 2. The first-order chi connectivity index (χ1) is 16.5. The van der Waals surface area contributed by atoms with Crippen molar-refractivity contribution in [2.45, 2.75) is 6.42 Å². The van der Waals surface area contributed by atoms with Crippen LogP contribution in [0.2, 0.25) is 0 Å². The van der Waals surface area contributed by atoms with Gasteiger partial charge in [-0.2, -0.15) is 8.42 Å². The van der Waals surface area contributed by atoms with Gasteiger partial charge in [-0.1, -0.05) is 6.08 Å². The lowest BCUT2D eigenvalue weighted by molar-refractivity contribution is 0.0588. The summed E-state index contributed by atoms with van der Waals surface area (Å²) in [6.45, 7) is -0.106. The number of hydrogen-bond acceptors (Lipinski definition) is 9. The molecule has 0 spiro atoms. The largest absolute Gasteiger partial charge is 0.495 e. The Hall–Kier alpha value is -2.41. The summed E-state index contributed by atoms with van der Waals surface area (Å²) in [5, 5.41) is 0. The van der Waals surface area contributed by atoms with Crippen molar-refractivity contribution in [3.05, 3.63) is 61.5 Å². The maximum absolute atomic E-state index is 12.4. The van der Waals surface area contributed by atoms with E-state index in [1.807, 2.05) is 0 Å². The van der Waals surface area contributed by atoms with Crippen LogP contribution < -0.4 is 9.47 Å². The topological polar surface area (TPSA) is 114 Å². The van der Waals surface area contributed by atoms with Crippen molar-refractivity contribution in [3.8, 4) is 11.5 Å². The molecule has 0 aliphatic heterocycles. The van der Waals surface area contributed by atoms with E-state index in [2.05, 4.69) is 31.9 Å². The third kappa shape index (κ3) is 7.29. The number of rotatable bonds is 10. The zero-order valence-corrected chi connectivity index (χ0v) is 23.6. The van der Waals surface area contributed by atoms with Crippen LogP contribution in [0.5, 0.6) is 11.5 Å². The van der Waals surface area contributed by atoms with Crippen LogP contribution in [0.25, 0.3) is 5.57 Å². The summed E-state index contributed by atoms with van der Waals surface area (Å²) in [5.41, 5.74) is 2.02. The number of esters is 2. The fourth-order valence-corrected chi connectivity index (χ4v) is 4.88. The van der Waals surface area contributed by atoms with E-state index in [4.69, 9.17) is 23.1 Å². The summed E-state index contributed by atoms with van der Waals surface area (Å²) in [5.74, 6) is -0.663. The first-order valence-electron chi connectivity index (χ1n) is 9.94. The van der Waals surface area contributed by atoms with Gasteiger partial charge in [0.05, 0.1) is 50.2 Å². The summed E-state index contributed by atoms with van der Waals surface area (Å²) in [6, 6.07) is 6.61. The normalized spacial score (nSPS) is 10.9. The van der Waals surface area contributed by atoms with E-state index in [1.165, 1.54) is 28.4 Å². The van der Waals surface area contributed by atoms with Crippen LogP contribution in [0.1, 0.15) is 38.3 Å². The predicted octanol–water partition coefficient (Wildman–Crippen LogP) is 4.60. The maximum atomic E-state index is 12.4. The van der Waals surface area contributed by atoms with Crippen molar-refractivity contribution in [1.82, 2.24) is 0 Å². The molecule has 12 heteroatoms. The molecule has 2 aromatic rings. The van der Waals surface area contributed by atoms with Gasteiger partial charge in [-0.15, -0.1) is 0 Å². The highest BCUT2D eigenvalue weighted by molar-refractivity contribution is 9.11. The summed E-state index contributed by atoms with van der Waals surface area (Å²) in [4.78, 5) is 24.9. The Kier molecular flexibility index (Phi) is 10.3. The van der Waals surface area contributed by atoms with Crippen LogP contribution >= 0.6 is 31.9 Å². The Bertz CT molecular complexity index is 1180. The Morgan fingerprint density at radius 2 is 1.26 bits per heavy atom. The molecule has 0 saturated heterocycles. The van der Waals surface area contributed by atoms with E-state index in [1.54, 1.807) is 30.3 Å². The van der Waals surface area contributed by atoms with Crippen LogP contribution in [-0.4, -0.2) is 61.7 Å². The molecule has 190 valence electrons. The molecule has 0 bridgehead atoms. The summed E-state index contributed by atoms with van der Waals surface area (Å²) in [6.07, 6.45) is 2.90. The Balaban J connectivity index is 2.77. The van der Waals surface area contributed by atoms with Gasteiger partial charge in [0.1, 0.15) is 22.6 Å². The molecule has 35 heavy (non-hydrogen) atoms. The molecule has 0 unspecified atom stereocenters. The fraction of sp³-hybridized carbons (Fsp3) is 0.304. The first kappa shape index (κ1) is 28.8. The van der Waals surface area contributed by atoms with Crippen LogP contribution in [0.4, 0.5) is 0 Å². The van der Waals surface area contributed by atoms with E-state index >= 15 is 0 Å². The van der Waals surface area contributed by atoms with Gasteiger partial charge >= 0.3 is 11.9 Å². The third-order valence-electron chi connectivity index (χ3n) is 4.69. The Morgan fingerprint density at radius 1 is 0.829 bits per heavy atom. The molecule has 0 aliphatic carbocycles. The molecular weight excluding hydrogens is 612 g/mol. The lowest BCUT2D eigenvalue weighted by Gasteiger charge is -2.17. The maximum Gasteiger partial charge on any atom is 0.341 e. The van der Waals surface area contributed by atoms with E-state index in [0.717, 1.165) is 6.26 Å². The quantitative estimate of drug-likeness (QED) is 0.210. The minimum Gasteiger partial charge on any atom is -0.495 e. The van der Waals surface area contributed by atoms with Crippen LogP contribution in [0.15, 0.2) is 39.3 Å². The molecule has 9 nitrogen and oxygen atoms in total. The van der Waals surface area contributed by atoms with Crippen molar-refractivity contribution in [2.75, 3.05) is 41.3 Å². The monoisotopic (exact) mass is 634 g/mol. The van der Waals surface area contributed by atoms with Gasteiger partial charge in [0.15, 0.2) is 0 Å². The minimum atomic E-state index is -3.63. The smallest absolute Gasteiger partial charge is 0.341 e. The molecule has 0 aromatic heterocycles. The van der Waals surface area contributed by atoms with Crippen molar-refractivity contribution in [3.63, 3.8) is 0 Å². The molecule has 0 heterocycles. The summed E-state index contributed by atoms with van der Waals surface area (Å²) in [7, 11) is 1.74. The molecule has 0 N–H and O–H groups in total. The second-order valence-corrected chi connectivity index (χ2v) is 10.3. The van der Waals surface area contributed by atoms with Gasteiger partial charge in [0, 0.05) is 0 Å². The zero-order chi connectivity index (χ0) is 26.3. The lowest BCUT2D eigenvalue weighted by Crippen LogP contribution is -2.08. The van der Waals surface area contributed by atoms with Crippen molar-refractivity contribution < 1.29 is 41.1 Å². The Labute approximate surface area is 220 Å². The second kappa shape index (κ2) is 12.5. The van der Waals surface area contributed by atoms with E-state index in [0.29, 0.717) is 25.6 Å². The summed E-state index contributed by atoms with van der Waals surface area (Å²) >= 11 is 6.85. The average molecular weight is 636 g/mol. The molecule has 0 amide bonds. The highest BCUT2D eigenvalue weighted by atomic mass is 79.9. The number of halogens is 2. The van der Waals surface area contributed by atoms with Crippen molar-refractivity contribution in [1.29, 1.82) is 0 Å². The van der Waals surface area contributed by atoms with Crippen LogP contribution in [0.3, 0.4) is 0 Å². The van der Waals surface area contributed by atoms with Gasteiger partial charge < -0.3 is 18.9 Å².